The van der Waals surface area contributed by atoms with Crippen LogP contribution >= 0.6 is 0 Å². The van der Waals surface area contributed by atoms with E-state index in [9.17, 15) is 4.80 Å². The van der Waals surface area contributed by atoms with Crippen molar-refractivity contribution in [3.63, 3.8) is 0 Å². The number of benzene rings is 1. The van der Waals surface area contributed by atoms with Gasteiger partial charge in [0.2, 0.25) is 0 Å². The summed E-state index contributed by atoms with van der Waals surface area (Å²) in [5.41, 5.74) is 1.14. The van der Waals surface area contributed by atoms with E-state index in [0.29, 0.717) is 19.3 Å². The van der Waals surface area contributed by atoms with Crippen molar-refractivity contribution in [3.05, 3.63) is 35.9 Å². The van der Waals surface area contributed by atoms with E-state index in [0.717, 1.165) is 18.6 Å². The van der Waals surface area contributed by atoms with Crippen molar-refractivity contribution in [2.24, 2.45) is 0 Å². The Kier molecular flexibility index (Phi) is 7.08. The van der Waals surface area contributed by atoms with Crippen LogP contribution in [0.4, 0.5) is 0 Å². The lowest BCUT2D eigenvalue weighted by Crippen LogP contribution is -2.22. The minimum Gasteiger partial charge on any atom is -0.413 e. The van der Waals surface area contributed by atoms with Gasteiger partial charge in [0, 0.05) is 25.9 Å². The van der Waals surface area contributed by atoms with Gasteiger partial charge in [0.05, 0.1) is 0 Å². The van der Waals surface area contributed by atoms with Crippen LogP contribution in [0.5, 0.6) is 0 Å². The van der Waals surface area contributed by atoms with Gasteiger partial charge in [-0.05, 0) is 18.9 Å². The quantitative estimate of drug-likeness (QED) is 0.552. The summed E-state index contributed by atoms with van der Waals surface area (Å²) in [6, 6.07) is 10.6. The second-order valence-corrected chi connectivity index (χ2v) is 5.22. The first-order valence-electron chi connectivity index (χ1n) is 5.74. The summed E-state index contributed by atoms with van der Waals surface area (Å²) < 4.78 is 10.6. The van der Waals surface area contributed by atoms with Gasteiger partial charge in [0.15, 0.2) is 0 Å². The summed E-state index contributed by atoms with van der Waals surface area (Å²) in [6.45, 7) is 4.02. The van der Waals surface area contributed by atoms with Gasteiger partial charge < -0.3 is 14.0 Å². The van der Waals surface area contributed by atoms with Crippen molar-refractivity contribution >= 4 is 9.28 Å². The summed E-state index contributed by atoms with van der Waals surface area (Å²) in [7, 11) is -2.04. The van der Waals surface area contributed by atoms with Gasteiger partial charge in [-0.1, -0.05) is 30.3 Å². The van der Waals surface area contributed by atoms with Gasteiger partial charge in [-0.15, -0.1) is 0 Å². The Morgan fingerprint density at radius 2 is 1.94 bits per heavy atom. The predicted molar refractivity (Wildman–Crippen MR) is 66.6 cm³/mol. The van der Waals surface area contributed by atoms with E-state index in [1.54, 1.807) is 0 Å². The zero-order valence-electron chi connectivity index (χ0n) is 9.76. The molecule has 0 aliphatic carbocycles. The molecule has 4 heteroatoms. The van der Waals surface area contributed by atoms with Crippen molar-refractivity contribution in [1.82, 2.24) is 0 Å². The standard InChI is InChI=1S/C12H20O3Si/c1-2-14-9-6-10-15-16(13)11-12-7-4-3-5-8-12/h3-5,7-8,13,16H,2,6,9-11H2,1H3. The number of hydrogen-bond donors (Lipinski definition) is 1. The Labute approximate surface area is 98.9 Å². The van der Waals surface area contributed by atoms with Gasteiger partial charge in [0.1, 0.15) is 0 Å². The van der Waals surface area contributed by atoms with Crippen LogP contribution in [0, 0.1) is 0 Å². The lowest BCUT2D eigenvalue weighted by molar-refractivity contribution is 0.126. The second kappa shape index (κ2) is 8.47. The number of ether oxygens (including phenoxy) is 1. The smallest absolute Gasteiger partial charge is 0.323 e. The summed E-state index contributed by atoms with van der Waals surface area (Å²) in [6.07, 6.45) is 0.854. The molecule has 1 aromatic carbocycles. The molecule has 0 amide bonds. The number of rotatable bonds is 8. The Bertz CT molecular complexity index is 266. The molecule has 16 heavy (non-hydrogen) atoms. The van der Waals surface area contributed by atoms with Gasteiger partial charge in [0.25, 0.3) is 0 Å². The van der Waals surface area contributed by atoms with Crippen molar-refractivity contribution in [3.8, 4) is 0 Å². The SMILES string of the molecule is CCOCCCO[SiH](O)Cc1ccccc1. The molecule has 0 aliphatic rings. The van der Waals surface area contributed by atoms with Crippen molar-refractivity contribution in [2.45, 2.75) is 19.4 Å². The van der Waals surface area contributed by atoms with E-state index in [1.165, 1.54) is 0 Å². The molecular weight excluding hydrogens is 220 g/mol. The molecule has 0 spiro atoms. The van der Waals surface area contributed by atoms with E-state index in [2.05, 4.69) is 0 Å². The summed E-state index contributed by atoms with van der Waals surface area (Å²) in [5.74, 6) is 0. The van der Waals surface area contributed by atoms with Crippen LogP contribution in [0.15, 0.2) is 30.3 Å². The van der Waals surface area contributed by atoms with Gasteiger partial charge in [-0.2, -0.15) is 0 Å². The predicted octanol–water partition coefficient (Wildman–Crippen LogP) is 1.42. The Morgan fingerprint density at radius 1 is 1.19 bits per heavy atom. The maximum Gasteiger partial charge on any atom is 0.323 e. The first kappa shape index (κ1) is 13.4. The van der Waals surface area contributed by atoms with Crippen LogP contribution in [-0.2, 0) is 15.2 Å². The molecule has 1 atom stereocenters. The zero-order chi connectivity index (χ0) is 11.6. The molecule has 0 aromatic heterocycles. The first-order chi connectivity index (χ1) is 7.83. The molecule has 1 aromatic rings. The molecule has 1 unspecified atom stereocenters. The van der Waals surface area contributed by atoms with E-state index in [4.69, 9.17) is 9.16 Å². The van der Waals surface area contributed by atoms with E-state index in [1.807, 2.05) is 37.3 Å². The number of hydrogen-bond acceptors (Lipinski definition) is 3. The maximum absolute atomic E-state index is 9.73. The van der Waals surface area contributed by atoms with Crippen LogP contribution in [0.2, 0.25) is 0 Å². The fourth-order valence-electron chi connectivity index (χ4n) is 1.40. The molecule has 0 heterocycles. The molecule has 90 valence electrons. The van der Waals surface area contributed by atoms with Gasteiger partial charge in [-0.3, -0.25) is 0 Å². The molecule has 0 fully saturated rings. The van der Waals surface area contributed by atoms with Crippen molar-refractivity contribution < 1.29 is 14.0 Å². The minimum atomic E-state index is -2.04. The van der Waals surface area contributed by atoms with Crippen LogP contribution in [0.25, 0.3) is 0 Å². The van der Waals surface area contributed by atoms with E-state index >= 15 is 0 Å². The first-order valence-corrected chi connectivity index (χ1v) is 7.54. The lowest BCUT2D eigenvalue weighted by atomic mass is 10.2. The van der Waals surface area contributed by atoms with Crippen LogP contribution < -0.4 is 0 Å². The zero-order valence-corrected chi connectivity index (χ0v) is 10.9. The third-order valence-electron chi connectivity index (χ3n) is 2.20. The van der Waals surface area contributed by atoms with Crippen molar-refractivity contribution in [1.29, 1.82) is 0 Å². The van der Waals surface area contributed by atoms with Crippen LogP contribution in [-0.4, -0.2) is 33.9 Å². The molecule has 1 rings (SSSR count). The van der Waals surface area contributed by atoms with E-state index in [-0.39, 0.29) is 0 Å². The Balaban J connectivity index is 2.09. The van der Waals surface area contributed by atoms with Crippen LogP contribution in [0.3, 0.4) is 0 Å². The second-order valence-electron chi connectivity index (χ2n) is 3.57. The normalized spacial score (nSPS) is 12.6. The molecule has 3 nitrogen and oxygen atoms in total. The molecule has 0 aliphatic heterocycles. The highest BCUT2D eigenvalue weighted by Gasteiger charge is 2.08. The minimum absolute atomic E-state index is 0.597. The molecule has 0 saturated carbocycles. The highest BCUT2D eigenvalue weighted by molar-refractivity contribution is 6.42. The Morgan fingerprint density at radius 3 is 2.62 bits per heavy atom. The fourth-order valence-corrected chi connectivity index (χ4v) is 2.63. The van der Waals surface area contributed by atoms with Crippen molar-refractivity contribution in [2.75, 3.05) is 19.8 Å². The summed E-state index contributed by atoms with van der Waals surface area (Å²) in [5, 5.41) is 0. The molecule has 0 saturated heterocycles. The molecule has 0 radical (unpaired) electrons. The van der Waals surface area contributed by atoms with Gasteiger partial charge in [-0.25, -0.2) is 0 Å². The van der Waals surface area contributed by atoms with E-state index < -0.39 is 9.28 Å². The van der Waals surface area contributed by atoms with Crippen LogP contribution in [0.1, 0.15) is 18.9 Å². The summed E-state index contributed by atoms with van der Waals surface area (Å²) in [4.78, 5) is 9.73. The maximum atomic E-state index is 9.73. The highest BCUT2D eigenvalue weighted by Crippen LogP contribution is 2.02. The highest BCUT2D eigenvalue weighted by atomic mass is 28.3. The largest absolute Gasteiger partial charge is 0.413 e. The molecule has 0 bridgehead atoms. The fraction of sp³-hybridized carbons (Fsp3) is 0.500. The topological polar surface area (TPSA) is 38.7 Å². The van der Waals surface area contributed by atoms with Gasteiger partial charge >= 0.3 is 9.28 Å². The summed E-state index contributed by atoms with van der Waals surface area (Å²) >= 11 is 0. The average Bonchev–Trinajstić information content (AvgIpc) is 2.30. The Hall–Kier alpha value is -0.683. The lowest BCUT2D eigenvalue weighted by Gasteiger charge is -2.10. The average molecular weight is 240 g/mol. The monoisotopic (exact) mass is 240 g/mol. The molecular formula is C12H20O3Si. The third-order valence-corrected chi connectivity index (χ3v) is 3.64. The third kappa shape index (κ3) is 6.02. The molecule has 1 N–H and O–H groups in total.